The normalized spacial score (nSPS) is 10.4. The van der Waals surface area contributed by atoms with E-state index in [4.69, 9.17) is 16.3 Å². The highest BCUT2D eigenvalue weighted by molar-refractivity contribution is 6.31. The molecule has 0 atom stereocenters. The molecule has 4 nitrogen and oxygen atoms in total. The molecule has 104 valence electrons. The summed E-state index contributed by atoms with van der Waals surface area (Å²) in [6.45, 7) is 3.32. The number of hydrogen-bond acceptors (Lipinski definition) is 3. The number of ether oxygens (including phenoxy) is 1. The molecule has 0 heterocycles. The van der Waals surface area contributed by atoms with Crippen LogP contribution < -0.4 is 4.74 Å². The average molecular weight is 296 g/mol. The Kier molecular flexibility index (Phi) is 3.90. The Hall–Kier alpha value is -2.14. The molecule has 0 saturated carbocycles. The lowest BCUT2D eigenvalue weighted by Crippen LogP contribution is -1.96. The summed E-state index contributed by atoms with van der Waals surface area (Å²) in [6, 6.07) is 6.66. The minimum atomic E-state index is -0.544. The second kappa shape index (κ2) is 5.46. The standard InChI is InChI=1S/C14H11ClFNO3/c1-8-6-12(17(18)19)14(7-11(8)15)20-13-4-3-10(16)5-9(13)2/h3-7H,1-2H3. The van der Waals surface area contributed by atoms with E-state index in [1.807, 2.05) is 0 Å². The van der Waals surface area contributed by atoms with Crippen LogP contribution in [-0.2, 0) is 0 Å². The number of rotatable bonds is 3. The summed E-state index contributed by atoms with van der Waals surface area (Å²) in [5.41, 5.74) is 0.938. The summed E-state index contributed by atoms with van der Waals surface area (Å²) in [5.74, 6) is -0.0268. The molecule has 0 unspecified atom stereocenters. The van der Waals surface area contributed by atoms with Crippen molar-refractivity contribution in [2.24, 2.45) is 0 Å². The highest BCUT2D eigenvalue weighted by Gasteiger charge is 2.19. The maximum absolute atomic E-state index is 13.0. The molecule has 2 aromatic carbocycles. The quantitative estimate of drug-likeness (QED) is 0.604. The molecule has 0 spiro atoms. The predicted molar refractivity (Wildman–Crippen MR) is 74.1 cm³/mol. The monoisotopic (exact) mass is 295 g/mol. The van der Waals surface area contributed by atoms with Gasteiger partial charge in [-0.3, -0.25) is 10.1 Å². The van der Waals surface area contributed by atoms with Crippen LogP contribution >= 0.6 is 11.6 Å². The predicted octanol–water partition coefficient (Wildman–Crippen LogP) is 4.80. The van der Waals surface area contributed by atoms with E-state index in [1.165, 1.54) is 30.3 Å². The zero-order valence-corrected chi connectivity index (χ0v) is 11.6. The Morgan fingerprint density at radius 1 is 1.15 bits per heavy atom. The maximum Gasteiger partial charge on any atom is 0.311 e. The Labute approximate surface area is 119 Å². The van der Waals surface area contributed by atoms with Crippen LogP contribution in [0.3, 0.4) is 0 Å². The first-order valence-electron chi connectivity index (χ1n) is 5.77. The first-order valence-corrected chi connectivity index (χ1v) is 6.15. The third kappa shape index (κ3) is 2.88. The van der Waals surface area contributed by atoms with Crippen molar-refractivity contribution in [1.29, 1.82) is 0 Å². The van der Waals surface area contributed by atoms with E-state index in [-0.39, 0.29) is 11.4 Å². The number of hydrogen-bond donors (Lipinski definition) is 0. The van der Waals surface area contributed by atoms with Crippen molar-refractivity contribution < 1.29 is 14.1 Å². The van der Waals surface area contributed by atoms with Gasteiger partial charge in [0.05, 0.1) is 4.92 Å². The Morgan fingerprint density at radius 2 is 1.85 bits per heavy atom. The number of benzene rings is 2. The minimum absolute atomic E-state index is 0.0281. The van der Waals surface area contributed by atoms with Gasteiger partial charge in [-0.25, -0.2) is 4.39 Å². The van der Waals surface area contributed by atoms with Gasteiger partial charge < -0.3 is 4.74 Å². The third-order valence-electron chi connectivity index (χ3n) is 2.79. The van der Waals surface area contributed by atoms with Crippen molar-refractivity contribution in [2.45, 2.75) is 13.8 Å². The molecular formula is C14H11ClFNO3. The van der Waals surface area contributed by atoms with Crippen LogP contribution in [-0.4, -0.2) is 4.92 Å². The topological polar surface area (TPSA) is 52.4 Å². The molecule has 0 aliphatic carbocycles. The fourth-order valence-electron chi connectivity index (χ4n) is 1.72. The van der Waals surface area contributed by atoms with Crippen LogP contribution in [0.25, 0.3) is 0 Å². The van der Waals surface area contributed by atoms with Crippen LogP contribution in [0.4, 0.5) is 10.1 Å². The molecule has 0 bridgehead atoms. The Morgan fingerprint density at radius 3 is 2.45 bits per heavy atom. The summed E-state index contributed by atoms with van der Waals surface area (Å²) < 4.78 is 18.5. The summed E-state index contributed by atoms with van der Waals surface area (Å²) in [7, 11) is 0. The molecule has 0 aromatic heterocycles. The van der Waals surface area contributed by atoms with E-state index in [0.29, 0.717) is 21.9 Å². The Balaban J connectivity index is 2.47. The van der Waals surface area contributed by atoms with Crippen molar-refractivity contribution in [3.8, 4) is 11.5 Å². The van der Waals surface area contributed by atoms with Crippen molar-refractivity contribution in [1.82, 2.24) is 0 Å². The van der Waals surface area contributed by atoms with Crippen molar-refractivity contribution in [3.63, 3.8) is 0 Å². The SMILES string of the molecule is Cc1cc([N+](=O)[O-])c(Oc2ccc(F)cc2C)cc1Cl. The van der Waals surface area contributed by atoms with Gasteiger partial charge in [-0.15, -0.1) is 0 Å². The van der Waals surface area contributed by atoms with Crippen LogP contribution in [0.1, 0.15) is 11.1 Å². The highest BCUT2D eigenvalue weighted by atomic mass is 35.5. The first-order chi connectivity index (χ1) is 9.38. The number of nitrogens with zero attached hydrogens (tertiary/aromatic N) is 1. The minimum Gasteiger partial charge on any atom is -0.450 e. The van der Waals surface area contributed by atoms with Crippen molar-refractivity contribution >= 4 is 17.3 Å². The molecule has 0 fully saturated rings. The van der Waals surface area contributed by atoms with Gasteiger partial charge in [-0.2, -0.15) is 0 Å². The number of halogens is 2. The molecule has 2 aromatic rings. The molecule has 20 heavy (non-hydrogen) atoms. The molecular weight excluding hydrogens is 285 g/mol. The van der Waals surface area contributed by atoms with Gasteiger partial charge in [0.2, 0.25) is 5.75 Å². The Bertz CT molecular complexity index is 688. The summed E-state index contributed by atoms with van der Waals surface area (Å²) in [4.78, 5) is 10.5. The highest BCUT2D eigenvalue weighted by Crippen LogP contribution is 2.36. The van der Waals surface area contributed by atoms with Gasteiger partial charge in [-0.05, 0) is 43.2 Å². The fourth-order valence-corrected chi connectivity index (χ4v) is 1.87. The van der Waals surface area contributed by atoms with Crippen LogP contribution in [0.15, 0.2) is 30.3 Å². The second-order valence-electron chi connectivity index (χ2n) is 4.34. The van der Waals surface area contributed by atoms with E-state index in [1.54, 1.807) is 13.8 Å². The van der Waals surface area contributed by atoms with E-state index in [9.17, 15) is 14.5 Å². The molecule has 2 rings (SSSR count). The van der Waals surface area contributed by atoms with E-state index >= 15 is 0 Å². The van der Waals surface area contributed by atoms with Gasteiger partial charge in [-0.1, -0.05) is 11.6 Å². The lowest BCUT2D eigenvalue weighted by Gasteiger charge is -2.10. The molecule has 0 aliphatic rings. The van der Waals surface area contributed by atoms with Crippen LogP contribution in [0.2, 0.25) is 5.02 Å². The maximum atomic E-state index is 13.0. The van der Waals surface area contributed by atoms with Gasteiger partial charge in [0.1, 0.15) is 11.6 Å². The van der Waals surface area contributed by atoms with Crippen LogP contribution in [0, 0.1) is 29.8 Å². The second-order valence-corrected chi connectivity index (χ2v) is 4.75. The van der Waals surface area contributed by atoms with Gasteiger partial charge >= 0.3 is 5.69 Å². The summed E-state index contributed by atoms with van der Waals surface area (Å²) in [6.07, 6.45) is 0. The molecule has 0 saturated heterocycles. The number of nitro groups is 1. The molecule has 0 radical (unpaired) electrons. The molecule has 0 aliphatic heterocycles. The number of nitro benzene ring substituents is 1. The first kappa shape index (κ1) is 14.3. The van der Waals surface area contributed by atoms with Crippen LogP contribution in [0.5, 0.6) is 11.5 Å². The molecule has 0 N–H and O–H groups in total. The fraction of sp³-hybridized carbons (Fsp3) is 0.143. The summed E-state index contributed by atoms with van der Waals surface area (Å²) in [5, 5.41) is 11.4. The zero-order valence-electron chi connectivity index (χ0n) is 10.8. The van der Waals surface area contributed by atoms with E-state index in [2.05, 4.69) is 0 Å². The third-order valence-corrected chi connectivity index (χ3v) is 3.20. The molecule has 0 amide bonds. The molecule has 6 heteroatoms. The van der Waals surface area contributed by atoms with Crippen molar-refractivity contribution in [2.75, 3.05) is 0 Å². The smallest absolute Gasteiger partial charge is 0.311 e. The van der Waals surface area contributed by atoms with E-state index < -0.39 is 10.7 Å². The zero-order chi connectivity index (χ0) is 14.9. The lowest BCUT2D eigenvalue weighted by molar-refractivity contribution is -0.385. The van der Waals surface area contributed by atoms with E-state index in [0.717, 1.165) is 0 Å². The lowest BCUT2D eigenvalue weighted by atomic mass is 10.2. The summed E-state index contributed by atoms with van der Waals surface area (Å²) >= 11 is 5.96. The average Bonchev–Trinajstić information content (AvgIpc) is 2.36. The largest absolute Gasteiger partial charge is 0.450 e. The number of aryl methyl sites for hydroxylation is 2. The van der Waals surface area contributed by atoms with Gasteiger partial charge in [0, 0.05) is 17.2 Å². The van der Waals surface area contributed by atoms with Gasteiger partial charge in [0.15, 0.2) is 0 Å². The van der Waals surface area contributed by atoms with Crippen molar-refractivity contribution in [3.05, 3.63) is 62.4 Å². The van der Waals surface area contributed by atoms with Gasteiger partial charge in [0.25, 0.3) is 0 Å².